The molecule has 104 valence electrons. The van der Waals surface area contributed by atoms with E-state index in [0.717, 1.165) is 25.1 Å². The van der Waals surface area contributed by atoms with E-state index in [1.54, 1.807) is 7.11 Å². The first-order valence-electron chi connectivity index (χ1n) is 7.34. The van der Waals surface area contributed by atoms with Gasteiger partial charge in [-0.05, 0) is 54.5 Å². The number of para-hydroxylation sites is 1. The van der Waals surface area contributed by atoms with E-state index < -0.39 is 0 Å². The predicted octanol–water partition coefficient (Wildman–Crippen LogP) is 3.84. The Morgan fingerprint density at radius 3 is 2.90 bits per heavy atom. The van der Waals surface area contributed by atoms with Gasteiger partial charge in [0.05, 0.1) is 7.11 Å². The quantitative estimate of drug-likeness (QED) is 0.908. The topological polar surface area (TPSA) is 21.3 Å². The molecule has 0 amide bonds. The van der Waals surface area contributed by atoms with Gasteiger partial charge in [-0.2, -0.15) is 0 Å². The Labute approximate surface area is 120 Å². The van der Waals surface area contributed by atoms with Crippen molar-refractivity contribution < 1.29 is 4.74 Å². The molecular weight excluding hydrogens is 246 g/mol. The van der Waals surface area contributed by atoms with Gasteiger partial charge < -0.3 is 10.1 Å². The summed E-state index contributed by atoms with van der Waals surface area (Å²) < 4.78 is 5.41. The van der Waals surface area contributed by atoms with Crippen molar-refractivity contribution in [3.63, 3.8) is 0 Å². The van der Waals surface area contributed by atoms with E-state index >= 15 is 0 Å². The second-order valence-electron chi connectivity index (χ2n) is 5.33. The van der Waals surface area contributed by atoms with Crippen LogP contribution in [-0.4, -0.2) is 13.7 Å². The standard InChI is InChI=1S/C18H21NO/c1-20-18-7-3-2-5-15(18)10-8-14-9-11-17-16(13-14)6-4-12-19-17/h2-3,5,7,9,11,13,19H,4,6,8,10,12H2,1H3. The molecule has 0 saturated heterocycles. The minimum Gasteiger partial charge on any atom is -0.496 e. The third kappa shape index (κ3) is 2.79. The van der Waals surface area contributed by atoms with E-state index in [0.29, 0.717) is 0 Å². The lowest BCUT2D eigenvalue weighted by atomic mass is 9.97. The number of nitrogens with one attached hydrogen (secondary N) is 1. The normalized spacial score (nSPS) is 13.4. The third-order valence-corrected chi connectivity index (χ3v) is 3.98. The molecule has 0 saturated carbocycles. The van der Waals surface area contributed by atoms with E-state index in [-0.39, 0.29) is 0 Å². The molecule has 1 heterocycles. The number of anilines is 1. The van der Waals surface area contributed by atoms with Crippen LogP contribution in [0.25, 0.3) is 0 Å². The molecule has 0 radical (unpaired) electrons. The van der Waals surface area contributed by atoms with Crippen LogP contribution in [0.2, 0.25) is 0 Å². The Hall–Kier alpha value is -1.96. The summed E-state index contributed by atoms with van der Waals surface area (Å²) in [5.74, 6) is 0.993. The van der Waals surface area contributed by atoms with Gasteiger partial charge in [-0.3, -0.25) is 0 Å². The number of ether oxygens (including phenoxy) is 1. The molecular formula is C18H21NO. The van der Waals surface area contributed by atoms with Crippen LogP contribution >= 0.6 is 0 Å². The molecule has 2 aromatic rings. The van der Waals surface area contributed by atoms with E-state index in [4.69, 9.17) is 4.74 Å². The lowest BCUT2D eigenvalue weighted by Gasteiger charge is -2.18. The summed E-state index contributed by atoms with van der Waals surface area (Å²) in [6.45, 7) is 1.10. The zero-order valence-electron chi connectivity index (χ0n) is 12.0. The van der Waals surface area contributed by atoms with Gasteiger partial charge in [-0.25, -0.2) is 0 Å². The second-order valence-corrected chi connectivity index (χ2v) is 5.33. The van der Waals surface area contributed by atoms with Crippen molar-refractivity contribution in [1.82, 2.24) is 0 Å². The zero-order valence-corrected chi connectivity index (χ0v) is 12.0. The fourth-order valence-electron chi connectivity index (χ4n) is 2.87. The molecule has 0 spiro atoms. The Balaban J connectivity index is 1.72. The second kappa shape index (κ2) is 6.00. The fourth-order valence-corrected chi connectivity index (χ4v) is 2.87. The predicted molar refractivity (Wildman–Crippen MR) is 83.7 cm³/mol. The molecule has 0 aromatic heterocycles. The molecule has 2 heteroatoms. The minimum atomic E-state index is 0.993. The number of benzene rings is 2. The Kier molecular flexibility index (Phi) is 3.91. The van der Waals surface area contributed by atoms with Crippen LogP contribution in [0.5, 0.6) is 5.75 Å². The van der Waals surface area contributed by atoms with Crippen LogP contribution < -0.4 is 10.1 Å². The maximum absolute atomic E-state index is 5.41. The smallest absolute Gasteiger partial charge is 0.122 e. The molecule has 1 aliphatic rings. The van der Waals surface area contributed by atoms with Gasteiger partial charge in [0.2, 0.25) is 0 Å². The first-order valence-corrected chi connectivity index (χ1v) is 7.34. The number of aryl methyl sites for hydroxylation is 3. The zero-order chi connectivity index (χ0) is 13.8. The van der Waals surface area contributed by atoms with Crippen molar-refractivity contribution in [2.45, 2.75) is 25.7 Å². The van der Waals surface area contributed by atoms with Gasteiger partial charge in [0, 0.05) is 12.2 Å². The average Bonchev–Trinajstić information content (AvgIpc) is 2.53. The highest BCUT2D eigenvalue weighted by Gasteiger charge is 2.09. The van der Waals surface area contributed by atoms with E-state index in [1.807, 2.05) is 12.1 Å². The number of methoxy groups -OCH3 is 1. The summed E-state index contributed by atoms with van der Waals surface area (Å²) in [6.07, 6.45) is 4.53. The highest BCUT2D eigenvalue weighted by molar-refractivity contribution is 5.54. The highest BCUT2D eigenvalue weighted by Crippen LogP contribution is 2.24. The number of hydrogen-bond donors (Lipinski definition) is 1. The molecule has 1 N–H and O–H groups in total. The minimum absolute atomic E-state index is 0.993. The number of rotatable bonds is 4. The Morgan fingerprint density at radius 2 is 2.00 bits per heavy atom. The van der Waals surface area contributed by atoms with Crippen molar-refractivity contribution in [2.24, 2.45) is 0 Å². The third-order valence-electron chi connectivity index (χ3n) is 3.98. The maximum Gasteiger partial charge on any atom is 0.122 e. The van der Waals surface area contributed by atoms with Crippen molar-refractivity contribution >= 4 is 5.69 Å². The molecule has 2 nitrogen and oxygen atoms in total. The first kappa shape index (κ1) is 13.0. The van der Waals surface area contributed by atoms with Crippen molar-refractivity contribution in [3.8, 4) is 5.75 Å². The Morgan fingerprint density at radius 1 is 1.10 bits per heavy atom. The van der Waals surface area contributed by atoms with Crippen molar-refractivity contribution in [1.29, 1.82) is 0 Å². The monoisotopic (exact) mass is 267 g/mol. The Bertz CT molecular complexity index is 592. The largest absolute Gasteiger partial charge is 0.496 e. The molecule has 0 fully saturated rings. The van der Waals surface area contributed by atoms with Gasteiger partial charge in [-0.1, -0.05) is 30.3 Å². The highest BCUT2D eigenvalue weighted by atomic mass is 16.5. The van der Waals surface area contributed by atoms with Gasteiger partial charge in [0.25, 0.3) is 0 Å². The van der Waals surface area contributed by atoms with Crippen LogP contribution in [0.15, 0.2) is 42.5 Å². The average molecular weight is 267 g/mol. The van der Waals surface area contributed by atoms with Crippen molar-refractivity contribution in [3.05, 3.63) is 59.2 Å². The van der Waals surface area contributed by atoms with Crippen LogP contribution in [0.3, 0.4) is 0 Å². The van der Waals surface area contributed by atoms with Gasteiger partial charge >= 0.3 is 0 Å². The lowest BCUT2D eigenvalue weighted by molar-refractivity contribution is 0.409. The number of hydrogen-bond acceptors (Lipinski definition) is 2. The summed E-state index contributed by atoms with van der Waals surface area (Å²) >= 11 is 0. The van der Waals surface area contributed by atoms with Crippen LogP contribution in [0, 0.1) is 0 Å². The molecule has 20 heavy (non-hydrogen) atoms. The summed E-state index contributed by atoms with van der Waals surface area (Å²) in [4.78, 5) is 0. The summed E-state index contributed by atoms with van der Waals surface area (Å²) in [7, 11) is 1.74. The number of fused-ring (bicyclic) bond motifs is 1. The maximum atomic E-state index is 5.41. The summed E-state index contributed by atoms with van der Waals surface area (Å²) in [5.41, 5.74) is 5.48. The van der Waals surface area contributed by atoms with Gasteiger partial charge in [-0.15, -0.1) is 0 Å². The molecule has 0 bridgehead atoms. The lowest BCUT2D eigenvalue weighted by Crippen LogP contribution is -2.11. The SMILES string of the molecule is COc1ccccc1CCc1ccc2c(c1)CCCN2. The van der Waals surface area contributed by atoms with E-state index in [9.17, 15) is 0 Å². The fraction of sp³-hybridized carbons (Fsp3) is 0.333. The van der Waals surface area contributed by atoms with Crippen LogP contribution in [0.1, 0.15) is 23.1 Å². The molecule has 2 aromatic carbocycles. The summed E-state index contributed by atoms with van der Waals surface area (Å²) in [5, 5.41) is 3.46. The van der Waals surface area contributed by atoms with Gasteiger partial charge in [0.15, 0.2) is 0 Å². The van der Waals surface area contributed by atoms with Crippen molar-refractivity contribution in [2.75, 3.05) is 19.0 Å². The van der Waals surface area contributed by atoms with Crippen LogP contribution in [0.4, 0.5) is 5.69 Å². The summed E-state index contributed by atoms with van der Waals surface area (Å²) in [6, 6.07) is 15.1. The van der Waals surface area contributed by atoms with Gasteiger partial charge in [0.1, 0.15) is 5.75 Å². The molecule has 1 aliphatic heterocycles. The molecule has 0 unspecified atom stereocenters. The molecule has 0 aliphatic carbocycles. The van der Waals surface area contributed by atoms with Crippen LogP contribution in [-0.2, 0) is 19.3 Å². The molecule has 0 atom stereocenters. The van der Waals surface area contributed by atoms with E-state index in [2.05, 4.69) is 35.6 Å². The molecule has 3 rings (SSSR count). The first-order chi connectivity index (χ1) is 9.86. The van der Waals surface area contributed by atoms with E-state index in [1.165, 1.54) is 35.2 Å².